The molecule has 0 fully saturated rings. The van der Waals surface area contributed by atoms with Gasteiger partial charge in [-0.1, -0.05) is 0 Å². The van der Waals surface area contributed by atoms with Gasteiger partial charge in [-0.3, -0.25) is 0 Å². The average Bonchev–Trinajstić information content (AvgIpc) is 2.87. The molecule has 0 saturated heterocycles. The van der Waals surface area contributed by atoms with Crippen LogP contribution in [0, 0.1) is 0 Å². The molecule has 0 saturated carbocycles. The van der Waals surface area contributed by atoms with Crippen LogP contribution in [0.1, 0.15) is 21.0 Å². The molecule has 9 heteroatoms. The van der Waals surface area contributed by atoms with Gasteiger partial charge in [0, 0.05) is 6.20 Å². The van der Waals surface area contributed by atoms with Crippen LogP contribution in [0.5, 0.6) is 0 Å². The van der Waals surface area contributed by atoms with Gasteiger partial charge in [-0.2, -0.15) is 4.68 Å². The number of hydrogen-bond acceptors (Lipinski definition) is 7. The summed E-state index contributed by atoms with van der Waals surface area (Å²) < 4.78 is 5.62. The molecule has 0 unspecified atom stereocenters. The van der Waals surface area contributed by atoms with Crippen molar-refractivity contribution in [2.24, 2.45) is 0 Å². The van der Waals surface area contributed by atoms with Gasteiger partial charge in [0.15, 0.2) is 5.82 Å². The quantitative estimate of drug-likeness (QED) is 0.723. The predicted octanol–water partition coefficient (Wildman–Crippen LogP) is -0.271. The maximum atomic E-state index is 11.2. The zero-order valence-corrected chi connectivity index (χ0v) is 9.77. The molecule has 98 valence electrons. The van der Waals surface area contributed by atoms with E-state index in [1.807, 2.05) is 0 Å². The number of carboxylic acid groups (broad SMARTS) is 1. The lowest BCUT2D eigenvalue weighted by Gasteiger charge is -2.04. The lowest BCUT2D eigenvalue weighted by Crippen LogP contribution is -2.08. The van der Waals surface area contributed by atoms with Gasteiger partial charge < -0.3 is 15.6 Å². The molecule has 0 spiro atoms. The summed E-state index contributed by atoms with van der Waals surface area (Å²) in [5, 5.41) is 12.6. The first-order chi connectivity index (χ1) is 9.02. The summed E-state index contributed by atoms with van der Waals surface area (Å²) in [6, 6.07) is 1.24. The molecule has 0 radical (unpaired) electrons. The van der Waals surface area contributed by atoms with E-state index in [0.717, 1.165) is 10.9 Å². The van der Waals surface area contributed by atoms with Gasteiger partial charge in [-0.25, -0.2) is 19.6 Å². The van der Waals surface area contributed by atoms with Gasteiger partial charge in [-0.05, 0) is 6.07 Å². The molecule has 2 heterocycles. The highest BCUT2D eigenvalue weighted by Gasteiger charge is 2.15. The van der Waals surface area contributed by atoms with Gasteiger partial charge in [0.2, 0.25) is 0 Å². The summed E-state index contributed by atoms with van der Waals surface area (Å²) in [5.41, 5.74) is 5.73. The van der Waals surface area contributed by atoms with Crippen LogP contribution in [0.25, 0.3) is 5.82 Å². The summed E-state index contributed by atoms with van der Waals surface area (Å²) >= 11 is 0. The number of anilines is 1. The second-order valence-corrected chi connectivity index (χ2v) is 3.45. The van der Waals surface area contributed by atoms with E-state index in [2.05, 4.69) is 19.8 Å². The van der Waals surface area contributed by atoms with E-state index in [9.17, 15) is 9.59 Å². The third kappa shape index (κ3) is 2.34. The van der Waals surface area contributed by atoms with E-state index in [1.165, 1.54) is 19.5 Å². The molecule has 0 aromatic carbocycles. The number of carboxylic acids is 1. The van der Waals surface area contributed by atoms with Crippen molar-refractivity contribution in [1.82, 2.24) is 19.7 Å². The number of ether oxygens (including phenoxy) is 1. The Balaban J connectivity index is 2.39. The molecule has 3 N–H and O–H groups in total. The fourth-order valence-electron chi connectivity index (χ4n) is 1.33. The molecule has 19 heavy (non-hydrogen) atoms. The van der Waals surface area contributed by atoms with Gasteiger partial charge in [0.25, 0.3) is 5.82 Å². The Bertz CT molecular complexity index is 651. The fraction of sp³-hybridized carbons (Fsp3) is 0.100. The molecule has 2 aromatic heterocycles. The molecule has 0 atom stereocenters. The van der Waals surface area contributed by atoms with Crippen molar-refractivity contribution in [3.63, 3.8) is 0 Å². The van der Waals surface area contributed by atoms with Gasteiger partial charge in [0.05, 0.1) is 18.4 Å². The number of esters is 1. The maximum Gasteiger partial charge on any atom is 0.377 e. The summed E-state index contributed by atoms with van der Waals surface area (Å²) in [6.45, 7) is 0. The summed E-state index contributed by atoms with van der Waals surface area (Å²) in [7, 11) is 1.21. The maximum absolute atomic E-state index is 11.2. The number of methoxy groups -OCH3 is 1. The van der Waals surface area contributed by atoms with Crippen LogP contribution in [-0.4, -0.2) is 43.9 Å². The van der Waals surface area contributed by atoms with Crippen molar-refractivity contribution in [3.8, 4) is 5.82 Å². The zero-order chi connectivity index (χ0) is 14.0. The first kappa shape index (κ1) is 12.5. The van der Waals surface area contributed by atoms with Gasteiger partial charge >= 0.3 is 11.9 Å². The molecule has 0 aliphatic carbocycles. The second-order valence-electron chi connectivity index (χ2n) is 3.45. The molecule has 2 aromatic rings. The van der Waals surface area contributed by atoms with E-state index in [0.29, 0.717) is 0 Å². The number of carbonyl (C=O) groups excluding carboxylic acids is 1. The Hall–Kier alpha value is -2.97. The molecular weight excluding hydrogens is 254 g/mol. The number of pyridine rings is 1. The number of aromatic carboxylic acids is 1. The topological polar surface area (TPSA) is 133 Å². The Morgan fingerprint density at radius 2 is 2.16 bits per heavy atom. The normalized spacial score (nSPS) is 10.2. The molecule has 9 nitrogen and oxygen atoms in total. The Morgan fingerprint density at radius 3 is 2.74 bits per heavy atom. The largest absolute Gasteiger partial charge is 0.478 e. The van der Waals surface area contributed by atoms with E-state index >= 15 is 0 Å². The van der Waals surface area contributed by atoms with Crippen molar-refractivity contribution in [1.29, 1.82) is 0 Å². The Morgan fingerprint density at radius 1 is 1.42 bits per heavy atom. The summed E-state index contributed by atoms with van der Waals surface area (Å²) in [4.78, 5) is 29.5. The first-order valence-corrected chi connectivity index (χ1v) is 5.02. The molecule has 2 rings (SSSR count). The van der Waals surface area contributed by atoms with E-state index in [-0.39, 0.29) is 22.9 Å². The van der Waals surface area contributed by atoms with E-state index < -0.39 is 11.9 Å². The van der Waals surface area contributed by atoms with Gasteiger partial charge in [0.1, 0.15) is 6.33 Å². The van der Waals surface area contributed by atoms with Crippen LogP contribution in [0.4, 0.5) is 5.69 Å². The minimum Gasteiger partial charge on any atom is -0.478 e. The number of nitrogen functional groups attached to an aromatic ring is 1. The third-order valence-corrected chi connectivity index (χ3v) is 2.22. The minimum absolute atomic E-state index is 0.0467. The minimum atomic E-state index is -1.14. The van der Waals surface area contributed by atoms with Gasteiger partial charge in [-0.15, -0.1) is 5.10 Å². The summed E-state index contributed by atoms with van der Waals surface area (Å²) in [6.07, 6.45) is 2.36. The van der Waals surface area contributed by atoms with Crippen LogP contribution in [0.2, 0.25) is 0 Å². The van der Waals surface area contributed by atoms with E-state index in [1.54, 1.807) is 0 Å². The van der Waals surface area contributed by atoms with Crippen molar-refractivity contribution in [2.75, 3.05) is 12.8 Å². The standard InChI is InChI=1S/C10H9N5O4/c1-19-10(18)7-13-4-15(14-7)8-6(11)2-5(3-12-8)9(16)17/h2-4H,11H2,1H3,(H,16,17). The number of hydrogen-bond donors (Lipinski definition) is 2. The Labute approximate surface area is 106 Å². The van der Waals surface area contributed by atoms with Crippen LogP contribution < -0.4 is 5.73 Å². The van der Waals surface area contributed by atoms with Crippen LogP contribution in [0.3, 0.4) is 0 Å². The molecule has 0 bridgehead atoms. The number of nitrogens with zero attached hydrogens (tertiary/aromatic N) is 4. The number of nitrogens with two attached hydrogens (primary N) is 1. The molecule has 0 amide bonds. The molecular formula is C10H9N5O4. The SMILES string of the molecule is COC(=O)c1ncn(-c2ncc(C(=O)O)cc2N)n1. The third-order valence-electron chi connectivity index (χ3n) is 2.22. The lowest BCUT2D eigenvalue weighted by molar-refractivity contribution is 0.0586. The van der Waals surface area contributed by atoms with Crippen molar-refractivity contribution in [3.05, 3.63) is 30.0 Å². The molecule has 0 aliphatic rings. The van der Waals surface area contributed by atoms with E-state index in [4.69, 9.17) is 10.8 Å². The first-order valence-electron chi connectivity index (χ1n) is 5.02. The second kappa shape index (κ2) is 4.72. The lowest BCUT2D eigenvalue weighted by atomic mass is 10.2. The number of carbonyl (C=O) groups is 2. The monoisotopic (exact) mass is 263 g/mol. The number of rotatable bonds is 3. The van der Waals surface area contributed by atoms with Crippen LogP contribution >= 0.6 is 0 Å². The fourth-order valence-corrected chi connectivity index (χ4v) is 1.33. The smallest absolute Gasteiger partial charge is 0.377 e. The number of aromatic nitrogens is 4. The van der Waals surface area contributed by atoms with Crippen LogP contribution in [-0.2, 0) is 4.74 Å². The molecule has 0 aliphatic heterocycles. The zero-order valence-electron chi connectivity index (χ0n) is 9.77. The average molecular weight is 263 g/mol. The predicted molar refractivity (Wildman–Crippen MR) is 61.9 cm³/mol. The van der Waals surface area contributed by atoms with Crippen LogP contribution in [0.15, 0.2) is 18.6 Å². The van der Waals surface area contributed by atoms with Crippen molar-refractivity contribution in [2.45, 2.75) is 0 Å². The highest BCUT2D eigenvalue weighted by atomic mass is 16.5. The Kier molecular flexibility index (Phi) is 3.10. The van der Waals surface area contributed by atoms with Crippen molar-refractivity contribution >= 4 is 17.6 Å². The highest BCUT2D eigenvalue weighted by Crippen LogP contribution is 2.15. The van der Waals surface area contributed by atoms with Crippen molar-refractivity contribution < 1.29 is 19.4 Å². The highest BCUT2D eigenvalue weighted by molar-refractivity contribution is 5.88. The summed E-state index contributed by atoms with van der Waals surface area (Å²) in [5.74, 6) is -1.81.